The van der Waals surface area contributed by atoms with Crippen LogP contribution in [-0.4, -0.2) is 62.0 Å². The van der Waals surface area contributed by atoms with Crippen molar-refractivity contribution >= 4 is 29.9 Å². The Balaban J connectivity index is 0.00000208. The Bertz CT molecular complexity index is 394. The minimum atomic E-state index is 0. The molecule has 2 aliphatic heterocycles. The lowest BCUT2D eigenvalue weighted by Gasteiger charge is -2.35. The van der Waals surface area contributed by atoms with Gasteiger partial charge in [0.2, 0.25) is 0 Å². The molecule has 3 aliphatic rings. The summed E-state index contributed by atoms with van der Waals surface area (Å²) in [6.07, 6.45) is 7.85. The number of piperidine rings is 1. The Morgan fingerprint density at radius 3 is 2.58 bits per heavy atom. The van der Waals surface area contributed by atoms with E-state index >= 15 is 0 Å². The fourth-order valence-corrected chi connectivity index (χ4v) is 3.49. The maximum Gasteiger partial charge on any atom is 0.194 e. The zero-order chi connectivity index (χ0) is 16.1. The summed E-state index contributed by atoms with van der Waals surface area (Å²) in [6.45, 7) is 9.03. The maximum atomic E-state index is 6.11. The predicted molar refractivity (Wildman–Crippen MR) is 108 cm³/mol. The van der Waals surface area contributed by atoms with Crippen LogP contribution in [0.4, 0.5) is 0 Å². The van der Waals surface area contributed by atoms with Gasteiger partial charge in [0.05, 0.1) is 18.8 Å². The first-order valence-corrected chi connectivity index (χ1v) is 9.55. The van der Waals surface area contributed by atoms with Crippen LogP contribution in [-0.2, 0) is 9.47 Å². The molecule has 0 radical (unpaired) electrons. The summed E-state index contributed by atoms with van der Waals surface area (Å²) < 4.78 is 11.9. The summed E-state index contributed by atoms with van der Waals surface area (Å²) in [5.74, 6) is 1.91. The number of nitrogens with one attached hydrogen (secondary N) is 1. The highest BCUT2D eigenvalue weighted by Crippen LogP contribution is 2.29. The summed E-state index contributed by atoms with van der Waals surface area (Å²) in [6, 6.07) is 0.637. The Morgan fingerprint density at radius 2 is 2.00 bits per heavy atom. The van der Waals surface area contributed by atoms with Crippen LogP contribution in [0, 0.1) is 5.92 Å². The summed E-state index contributed by atoms with van der Waals surface area (Å²) in [5.41, 5.74) is 0. The summed E-state index contributed by atoms with van der Waals surface area (Å²) in [7, 11) is 0. The van der Waals surface area contributed by atoms with Gasteiger partial charge in [-0.3, -0.25) is 4.99 Å². The average Bonchev–Trinajstić information content (AvgIpc) is 3.29. The van der Waals surface area contributed by atoms with Crippen LogP contribution in [0.3, 0.4) is 0 Å². The number of hydrogen-bond donors (Lipinski definition) is 1. The SMILES string of the molecule is CCN=C(NC1CC1C)N1CCC(OCC2CCCCO2)CC1.I. The number of aliphatic imine (C=N–C) groups is 1. The number of ether oxygens (including phenoxy) is 2. The van der Waals surface area contributed by atoms with Gasteiger partial charge in [-0.15, -0.1) is 24.0 Å². The molecule has 5 nitrogen and oxygen atoms in total. The molecule has 0 aromatic carbocycles. The van der Waals surface area contributed by atoms with E-state index in [0.29, 0.717) is 18.2 Å². The molecule has 2 saturated heterocycles. The topological polar surface area (TPSA) is 46.1 Å². The molecule has 0 bridgehead atoms. The van der Waals surface area contributed by atoms with Crippen molar-refractivity contribution in [1.82, 2.24) is 10.2 Å². The highest BCUT2D eigenvalue weighted by molar-refractivity contribution is 14.0. The molecule has 6 heteroatoms. The molecule has 0 spiro atoms. The minimum Gasteiger partial charge on any atom is -0.376 e. The van der Waals surface area contributed by atoms with Crippen molar-refractivity contribution in [3.8, 4) is 0 Å². The van der Waals surface area contributed by atoms with Crippen LogP contribution in [0.15, 0.2) is 4.99 Å². The third-order valence-corrected chi connectivity index (χ3v) is 5.27. The molecule has 140 valence electrons. The van der Waals surface area contributed by atoms with Gasteiger partial charge in [-0.25, -0.2) is 0 Å². The predicted octanol–water partition coefficient (Wildman–Crippen LogP) is 3.03. The van der Waals surface area contributed by atoms with E-state index in [2.05, 4.69) is 29.1 Å². The van der Waals surface area contributed by atoms with E-state index in [4.69, 9.17) is 9.47 Å². The summed E-state index contributed by atoms with van der Waals surface area (Å²) in [4.78, 5) is 7.09. The number of hydrogen-bond acceptors (Lipinski definition) is 3. The van der Waals surface area contributed by atoms with E-state index in [9.17, 15) is 0 Å². The van der Waals surface area contributed by atoms with Crippen LogP contribution < -0.4 is 5.32 Å². The van der Waals surface area contributed by atoms with Gasteiger partial charge < -0.3 is 19.7 Å². The molecule has 2 heterocycles. The molecule has 3 fully saturated rings. The molecule has 1 saturated carbocycles. The van der Waals surface area contributed by atoms with Crippen LogP contribution in [0.1, 0.15) is 52.4 Å². The maximum absolute atomic E-state index is 6.11. The van der Waals surface area contributed by atoms with Gasteiger partial charge in [0.25, 0.3) is 0 Å². The molecule has 0 aromatic heterocycles. The van der Waals surface area contributed by atoms with Gasteiger partial charge in [0, 0.05) is 32.3 Å². The van der Waals surface area contributed by atoms with Crippen molar-refractivity contribution in [3.05, 3.63) is 0 Å². The number of rotatable bonds is 5. The third-order valence-electron chi connectivity index (χ3n) is 5.27. The Morgan fingerprint density at radius 1 is 1.25 bits per heavy atom. The highest BCUT2D eigenvalue weighted by Gasteiger charge is 2.34. The highest BCUT2D eigenvalue weighted by atomic mass is 127. The van der Waals surface area contributed by atoms with Gasteiger partial charge in [-0.2, -0.15) is 0 Å². The average molecular weight is 451 g/mol. The van der Waals surface area contributed by atoms with E-state index in [-0.39, 0.29) is 24.0 Å². The first kappa shape index (κ1) is 20.2. The van der Waals surface area contributed by atoms with E-state index < -0.39 is 0 Å². The van der Waals surface area contributed by atoms with Crippen molar-refractivity contribution in [2.45, 2.75) is 70.6 Å². The molecule has 3 rings (SSSR count). The Labute approximate surface area is 164 Å². The molecule has 3 unspecified atom stereocenters. The fourth-order valence-electron chi connectivity index (χ4n) is 3.49. The van der Waals surface area contributed by atoms with Crippen molar-refractivity contribution in [1.29, 1.82) is 0 Å². The quantitative estimate of drug-likeness (QED) is 0.397. The van der Waals surface area contributed by atoms with E-state index in [1.165, 1.54) is 19.3 Å². The van der Waals surface area contributed by atoms with Crippen LogP contribution in [0.5, 0.6) is 0 Å². The number of guanidine groups is 1. The van der Waals surface area contributed by atoms with Crippen molar-refractivity contribution in [3.63, 3.8) is 0 Å². The summed E-state index contributed by atoms with van der Waals surface area (Å²) >= 11 is 0. The molecular weight excluding hydrogens is 417 g/mol. The van der Waals surface area contributed by atoms with Crippen molar-refractivity contribution in [2.24, 2.45) is 10.9 Å². The first-order valence-electron chi connectivity index (χ1n) is 9.55. The number of nitrogens with zero attached hydrogens (tertiary/aromatic N) is 2. The second-order valence-electron chi connectivity index (χ2n) is 7.27. The largest absolute Gasteiger partial charge is 0.376 e. The molecule has 1 aliphatic carbocycles. The van der Waals surface area contributed by atoms with E-state index in [1.807, 2.05) is 0 Å². The van der Waals surface area contributed by atoms with Gasteiger partial charge >= 0.3 is 0 Å². The molecule has 1 N–H and O–H groups in total. The van der Waals surface area contributed by atoms with Crippen molar-refractivity contribution < 1.29 is 9.47 Å². The van der Waals surface area contributed by atoms with E-state index in [0.717, 1.165) is 64.0 Å². The summed E-state index contributed by atoms with van der Waals surface area (Å²) in [5, 5.41) is 3.62. The van der Waals surface area contributed by atoms with Crippen LogP contribution in [0.25, 0.3) is 0 Å². The lowest BCUT2D eigenvalue weighted by molar-refractivity contribution is -0.0721. The van der Waals surface area contributed by atoms with Crippen LogP contribution >= 0.6 is 24.0 Å². The minimum absolute atomic E-state index is 0. The Kier molecular flexibility index (Phi) is 8.57. The normalized spacial score (nSPS) is 31.5. The zero-order valence-electron chi connectivity index (χ0n) is 15.2. The molecule has 3 atom stereocenters. The monoisotopic (exact) mass is 451 g/mol. The molecular formula is C18H34IN3O2. The third kappa shape index (κ3) is 6.02. The Hall–Kier alpha value is -0.0800. The fraction of sp³-hybridized carbons (Fsp3) is 0.944. The van der Waals surface area contributed by atoms with Crippen molar-refractivity contribution in [2.75, 3.05) is 32.8 Å². The lowest BCUT2D eigenvalue weighted by atomic mass is 10.1. The van der Waals surface area contributed by atoms with Gasteiger partial charge in [-0.05, 0) is 51.4 Å². The number of halogens is 1. The molecule has 24 heavy (non-hydrogen) atoms. The van der Waals surface area contributed by atoms with Gasteiger partial charge in [0.1, 0.15) is 0 Å². The first-order chi connectivity index (χ1) is 11.3. The molecule has 0 amide bonds. The van der Waals surface area contributed by atoms with E-state index in [1.54, 1.807) is 0 Å². The number of likely N-dealkylation sites (tertiary alicyclic amines) is 1. The van der Waals surface area contributed by atoms with Gasteiger partial charge in [0.15, 0.2) is 5.96 Å². The smallest absolute Gasteiger partial charge is 0.194 e. The second-order valence-corrected chi connectivity index (χ2v) is 7.27. The standard InChI is InChI=1S/C18H33N3O2.HI/c1-3-19-18(20-17-12-14(17)2)21-9-7-15(8-10-21)23-13-16-6-4-5-11-22-16;/h14-17H,3-13H2,1-2H3,(H,19,20);1H. The molecule has 0 aromatic rings. The second kappa shape index (κ2) is 10.2. The van der Waals surface area contributed by atoms with Crippen LogP contribution in [0.2, 0.25) is 0 Å². The zero-order valence-corrected chi connectivity index (χ0v) is 17.5. The van der Waals surface area contributed by atoms with Gasteiger partial charge in [-0.1, -0.05) is 6.92 Å². The lowest BCUT2D eigenvalue weighted by Crippen LogP contribution is -2.48.